The van der Waals surface area contributed by atoms with E-state index in [0.717, 1.165) is 5.56 Å². The van der Waals surface area contributed by atoms with E-state index >= 15 is 0 Å². The molecular weight excluding hydrogens is 518 g/mol. The van der Waals surface area contributed by atoms with Crippen LogP contribution in [0.2, 0.25) is 0 Å². The quantitative estimate of drug-likeness (QED) is 0.312. The standard InChI is InChI=1S/C29H27N3O6S/c1-18-11-13-21(14-12-18)30-25(33)17-38-26-19(7-6-10-23(26)36-3)16-24-27(34)32(2)29(39-24)31-22-9-5-8-20(15-22)28(35)37-4/h5-16H,17H2,1-4H3,(H,30,33). The lowest BCUT2D eigenvalue weighted by atomic mass is 10.1. The molecular formula is C29H27N3O6S. The third-order valence-corrected chi connectivity index (χ3v) is 6.75. The predicted octanol–water partition coefficient (Wildman–Crippen LogP) is 5.04. The minimum absolute atomic E-state index is 0.255. The zero-order chi connectivity index (χ0) is 27.9. The number of nitrogens with one attached hydrogen (secondary N) is 1. The molecule has 1 aliphatic heterocycles. The van der Waals surface area contributed by atoms with Crippen molar-refractivity contribution in [1.82, 2.24) is 4.90 Å². The Balaban J connectivity index is 1.55. The summed E-state index contributed by atoms with van der Waals surface area (Å²) in [5, 5.41) is 3.24. The molecule has 0 spiro atoms. The highest BCUT2D eigenvalue weighted by Gasteiger charge is 2.31. The van der Waals surface area contributed by atoms with E-state index < -0.39 is 5.97 Å². The zero-order valence-corrected chi connectivity index (χ0v) is 22.7. The number of hydrogen-bond acceptors (Lipinski definition) is 8. The van der Waals surface area contributed by atoms with Gasteiger partial charge in [-0.1, -0.05) is 35.9 Å². The Kier molecular flexibility index (Phi) is 8.67. The van der Waals surface area contributed by atoms with Crippen LogP contribution >= 0.6 is 11.8 Å². The second kappa shape index (κ2) is 12.3. The Morgan fingerprint density at radius 1 is 1.05 bits per heavy atom. The Morgan fingerprint density at radius 3 is 2.51 bits per heavy atom. The molecule has 0 saturated carbocycles. The highest BCUT2D eigenvalue weighted by molar-refractivity contribution is 8.18. The summed E-state index contributed by atoms with van der Waals surface area (Å²) in [6, 6.07) is 19.3. The van der Waals surface area contributed by atoms with Crippen LogP contribution in [0.15, 0.2) is 76.6 Å². The zero-order valence-electron chi connectivity index (χ0n) is 21.9. The number of aliphatic imine (C=N–C) groups is 1. The molecule has 39 heavy (non-hydrogen) atoms. The third kappa shape index (κ3) is 6.66. The van der Waals surface area contributed by atoms with Crippen LogP contribution in [-0.4, -0.2) is 55.7 Å². The van der Waals surface area contributed by atoms with E-state index in [1.165, 1.54) is 30.9 Å². The third-order valence-electron chi connectivity index (χ3n) is 5.69. The molecule has 3 aromatic carbocycles. The van der Waals surface area contributed by atoms with Crippen molar-refractivity contribution < 1.29 is 28.6 Å². The fourth-order valence-electron chi connectivity index (χ4n) is 3.66. The van der Waals surface area contributed by atoms with Crippen LogP contribution in [0.1, 0.15) is 21.5 Å². The number of esters is 1. The van der Waals surface area contributed by atoms with E-state index in [2.05, 4.69) is 10.3 Å². The molecule has 3 aromatic rings. The topological polar surface area (TPSA) is 107 Å². The first-order valence-electron chi connectivity index (χ1n) is 11.9. The number of amidine groups is 1. The molecule has 2 amide bonds. The smallest absolute Gasteiger partial charge is 0.337 e. The maximum atomic E-state index is 13.0. The molecule has 200 valence electrons. The van der Waals surface area contributed by atoms with Crippen molar-refractivity contribution in [2.24, 2.45) is 4.99 Å². The molecule has 1 heterocycles. The second-order valence-electron chi connectivity index (χ2n) is 8.49. The van der Waals surface area contributed by atoms with Gasteiger partial charge in [-0.25, -0.2) is 9.79 Å². The van der Waals surface area contributed by atoms with Gasteiger partial charge in [0, 0.05) is 18.3 Å². The highest BCUT2D eigenvalue weighted by Crippen LogP contribution is 2.38. The summed E-state index contributed by atoms with van der Waals surface area (Å²) in [6.07, 6.45) is 1.67. The summed E-state index contributed by atoms with van der Waals surface area (Å²) in [5.41, 5.74) is 3.18. The maximum absolute atomic E-state index is 13.0. The van der Waals surface area contributed by atoms with E-state index in [4.69, 9.17) is 14.2 Å². The summed E-state index contributed by atoms with van der Waals surface area (Å²) in [4.78, 5) is 43.8. The number of aryl methyl sites for hydroxylation is 1. The monoisotopic (exact) mass is 545 g/mol. The van der Waals surface area contributed by atoms with Crippen LogP contribution in [0.4, 0.5) is 11.4 Å². The number of amides is 2. The normalized spacial score (nSPS) is 15.0. The molecule has 1 N–H and O–H groups in total. The molecule has 1 fully saturated rings. The molecule has 0 atom stereocenters. The first kappa shape index (κ1) is 27.5. The summed E-state index contributed by atoms with van der Waals surface area (Å²) in [6.45, 7) is 1.71. The summed E-state index contributed by atoms with van der Waals surface area (Å²) >= 11 is 1.18. The van der Waals surface area contributed by atoms with E-state index in [1.807, 2.05) is 31.2 Å². The van der Waals surface area contributed by atoms with Gasteiger partial charge < -0.3 is 19.5 Å². The van der Waals surface area contributed by atoms with Crippen LogP contribution in [0.5, 0.6) is 11.5 Å². The van der Waals surface area contributed by atoms with Crippen molar-refractivity contribution in [1.29, 1.82) is 0 Å². The van der Waals surface area contributed by atoms with Crippen molar-refractivity contribution in [3.8, 4) is 11.5 Å². The number of nitrogens with zero attached hydrogens (tertiary/aromatic N) is 2. The SMILES string of the molecule is COC(=O)c1cccc(N=C2SC(=Cc3cccc(OC)c3OCC(=O)Nc3ccc(C)cc3)C(=O)N2C)c1. The molecule has 0 bridgehead atoms. The highest BCUT2D eigenvalue weighted by atomic mass is 32.2. The number of methoxy groups -OCH3 is 2. The number of rotatable bonds is 8. The summed E-state index contributed by atoms with van der Waals surface area (Å²) < 4.78 is 16.1. The lowest BCUT2D eigenvalue weighted by molar-refractivity contribution is -0.121. The van der Waals surface area contributed by atoms with Crippen molar-refractivity contribution in [3.63, 3.8) is 0 Å². The van der Waals surface area contributed by atoms with Gasteiger partial charge in [-0.2, -0.15) is 0 Å². The number of carbonyl (C=O) groups excluding carboxylic acids is 3. The molecule has 0 aliphatic carbocycles. The van der Waals surface area contributed by atoms with Crippen LogP contribution in [-0.2, 0) is 14.3 Å². The Labute approximate surface area is 230 Å². The molecule has 0 radical (unpaired) electrons. The van der Waals surface area contributed by atoms with Crippen LogP contribution in [0.25, 0.3) is 6.08 Å². The number of ether oxygens (including phenoxy) is 3. The van der Waals surface area contributed by atoms with Crippen molar-refractivity contribution in [3.05, 3.63) is 88.3 Å². The number of anilines is 1. The average Bonchev–Trinajstić information content (AvgIpc) is 3.20. The number of likely N-dealkylation sites (N-methyl/N-ethyl adjacent to an activating group) is 1. The lowest BCUT2D eigenvalue weighted by Crippen LogP contribution is -2.23. The fraction of sp³-hybridized carbons (Fsp3) is 0.172. The van der Waals surface area contributed by atoms with Crippen molar-refractivity contribution in [2.75, 3.05) is 33.2 Å². The Hall–Kier alpha value is -4.57. The van der Waals surface area contributed by atoms with Crippen molar-refractivity contribution >= 4 is 52.2 Å². The molecule has 10 heteroatoms. The molecule has 4 rings (SSSR count). The number of benzene rings is 3. The van der Waals surface area contributed by atoms with E-state index in [0.29, 0.717) is 44.1 Å². The van der Waals surface area contributed by atoms with Gasteiger partial charge in [-0.3, -0.25) is 14.5 Å². The first-order valence-corrected chi connectivity index (χ1v) is 12.7. The fourth-order valence-corrected chi connectivity index (χ4v) is 4.63. The van der Waals surface area contributed by atoms with Gasteiger partial charge in [-0.15, -0.1) is 0 Å². The van der Waals surface area contributed by atoms with Crippen LogP contribution < -0.4 is 14.8 Å². The summed E-state index contributed by atoms with van der Waals surface area (Å²) in [5.74, 6) is -0.311. The minimum Gasteiger partial charge on any atom is -0.493 e. The maximum Gasteiger partial charge on any atom is 0.337 e. The summed E-state index contributed by atoms with van der Waals surface area (Å²) in [7, 11) is 4.43. The van der Waals surface area contributed by atoms with E-state index in [1.54, 1.807) is 55.6 Å². The lowest BCUT2D eigenvalue weighted by Gasteiger charge is -2.14. The van der Waals surface area contributed by atoms with Gasteiger partial charge in [0.15, 0.2) is 23.3 Å². The Bertz CT molecular complexity index is 1470. The largest absolute Gasteiger partial charge is 0.493 e. The molecule has 1 aliphatic rings. The molecule has 9 nitrogen and oxygen atoms in total. The molecule has 0 aromatic heterocycles. The first-order chi connectivity index (χ1) is 18.8. The number of carbonyl (C=O) groups is 3. The number of hydrogen-bond donors (Lipinski definition) is 1. The van der Waals surface area contributed by atoms with Crippen molar-refractivity contribution in [2.45, 2.75) is 6.92 Å². The van der Waals surface area contributed by atoms with E-state index in [-0.39, 0.29) is 18.4 Å². The van der Waals surface area contributed by atoms with E-state index in [9.17, 15) is 14.4 Å². The minimum atomic E-state index is -0.473. The van der Waals surface area contributed by atoms with Gasteiger partial charge in [-0.05, 0) is 61.2 Å². The molecule has 0 unspecified atom stereocenters. The van der Waals surface area contributed by atoms with Crippen LogP contribution in [0, 0.1) is 6.92 Å². The second-order valence-corrected chi connectivity index (χ2v) is 9.50. The van der Waals surface area contributed by atoms with Gasteiger partial charge in [0.2, 0.25) is 0 Å². The van der Waals surface area contributed by atoms with Gasteiger partial charge in [0.25, 0.3) is 11.8 Å². The number of para-hydroxylation sites is 1. The van der Waals surface area contributed by atoms with Gasteiger partial charge >= 0.3 is 5.97 Å². The average molecular weight is 546 g/mol. The van der Waals surface area contributed by atoms with Gasteiger partial charge in [0.05, 0.1) is 30.4 Å². The predicted molar refractivity (Wildman–Crippen MR) is 152 cm³/mol. The van der Waals surface area contributed by atoms with Gasteiger partial charge in [0.1, 0.15) is 0 Å². The van der Waals surface area contributed by atoms with Crippen LogP contribution in [0.3, 0.4) is 0 Å². The Morgan fingerprint density at radius 2 is 1.79 bits per heavy atom. The molecule has 1 saturated heterocycles. The number of thioether (sulfide) groups is 1.